The number of imide groups is 1. The summed E-state index contributed by atoms with van der Waals surface area (Å²) in [5.41, 5.74) is 1.88. The number of carbonyl (C=O) groups is 3. The minimum atomic E-state index is -1.12. The number of amides is 2. The molecule has 0 aliphatic carbocycles. The van der Waals surface area contributed by atoms with Crippen LogP contribution in [0, 0.1) is 6.92 Å². The van der Waals surface area contributed by atoms with Crippen LogP contribution in [0.25, 0.3) is 0 Å². The molecule has 2 aromatic rings. The molecule has 6 heteroatoms. The highest BCUT2D eigenvalue weighted by Crippen LogP contribution is 2.34. The number of carboxylic acid groups (broad SMARTS) is 1. The number of nitrogens with zero attached hydrogens (tertiary/aromatic N) is 1. The van der Waals surface area contributed by atoms with Gasteiger partial charge in [0.05, 0.1) is 23.6 Å². The summed E-state index contributed by atoms with van der Waals surface area (Å²) >= 11 is 0. The second-order valence-corrected chi connectivity index (χ2v) is 5.73. The summed E-state index contributed by atoms with van der Waals surface area (Å²) in [5.74, 6) is -2.11. The van der Waals surface area contributed by atoms with E-state index in [0.717, 1.165) is 10.5 Å². The molecule has 24 heavy (non-hydrogen) atoms. The molecule has 0 saturated heterocycles. The maximum absolute atomic E-state index is 12.7. The average Bonchev–Trinajstić information content (AvgIpc) is 2.77. The Morgan fingerprint density at radius 3 is 2.29 bits per heavy atom. The predicted molar refractivity (Wildman–Crippen MR) is 84.8 cm³/mol. The van der Waals surface area contributed by atoms with Crippen LogP contribution in [0.2, 0.25) is 0 Å². The van der Waals surface area contributed by atoms with Crippen LogP contribution in [0.4, 0.5) is 0 Å². The third kappa shape index (κ3) is 2.62. The molecule has 1 aliphatic rings. The number of carboxylic acids is 1. The molecule has 1 heterocycles. The molecule has 2 amide bonds. The molecule has 0 radical (unpaired) electrons. The highest BCUT2D eigenvalue weighted by molar-refractivity contribution is 6.21. The molecule has 1 atom stereocenters. The van der Waals surface area contributed by atoms with Crippen LogP contribution in [-0.2, 0) is 4.79 Å². The molecule has 1 aliphatic heterocycles. The van der Waals surface area contributed by atoms with Crippen LogP contribution in [0.5, 0.6) is 5.75 Å². The summed E-state index contributed by atoms with van der Waals surface area (Å²) in [6.45, 7) is 1.81. The first-order valence-electron chi connectivity index (χ1n) is 7.37. The lowest BCUT2D eigenvalue weighted by atomic mass is 10.0. The van der Waals surface area contributed by atoms with Gasteiger partial charge in [-0.1, -0.05) is 23.8 Å². The maximum atomic E-state index is 12.7. The van der Waals surface area contributed by atoms with Crippen molar-refractivity contribution in [2.24, 2.45) is 0 Å². The Balaban J connectivity index is 2.05. The van der Waals surface area contributed by atoms with Crippen molar-refractivity contribution in [3.63, 3.8) is 0 Å². The van der Waals surface area contributed by atoms with Gasteiger partial charge in [-0.05, 0) is 36.8 Å². The molecule has 0 aromatic heterocycles. The van der Waals surface area contributed by atoms with Crippen molar-refractivity contribution >= 4 is 17.8 Å². The first-order chi connectivity index (χ1) is 11.4. The van der Waals surface area contributed by atoms with Crippen molar-refractivity contribution in [2.45, 2.75) is 19.4 Å². The van der Waals surface area contributed by atoms with E-state index in [4.69, 9.17) is 0 Å². The second-order valence-electron chi connectivity index (χ2n) is 5.73. The largest absolute Gasteiger partial charge is 0.508 e. The maximum Gasteiger partial charge on any atom is 0.305 e. The zero-order chi connectivity index (χ0) is 17.4. The SMILES string of the molecule is Cc1ccc2c(c1)C(=O)N(C(CC(=O)O)c1ccc(O)cc1)C2=O. The molecular weight excluding hydrogens is 310 g/mol. The smallest absolute Gasteiger partial charge is 0.305 e. The van der Waals surface area contributed by atoms with Gasteiger partial charge in [-0.15, -0.1) is 0 Å². The van der Waals surface area contributed by atoms with Crippen LogP contribution < -0.4 is 0 Å². The topological polar surface area (TPSA) is 94.9 Å². The van der Waals surface area contributed by atoms with Crippen LogP contribution in [0.3, 0.4) is 0 Å². The van der Waals surface area contributed by atoms with Crippen molar-refractivity contribution in [3.8, 4) is 5.75 Å². The lowest BCUT2D eigenvalue weighted by Crippen LogP contribution is -2.35. The Kier molecular flexibility index (Phi) is 3.81. The summed E-state index contributed by atoms with van der Waals surface area (Å²) in [7, 11) is 0. The van der Waals surface area contributed by atoms with E-state index in [1.165, 1.54) is 24.3 Å². The fourth-order valence-electron chi connectivity index (χ4n) is 2.88. The number of hydrogen-bond acceptors (Lipinski definition) is 4. The Morgan fingerprint density at radius 1 is 1.04 bits per heavy atom. The van der Waals surface area contributed by atoms with Crippen molar-refractivity contribution < 1.29 is 24.6 Å². The molecule has 0 fully saturated rings. The molecule has 1 unspecified atom stereocenters. The van der Waals surface area contributed by atoms with Crippen molar-refractivity contribution in [1.29, 1.82) is 0 Å². The zero-order valence-corrected chi connectivity index (χ0v) is 12.9. The fraction of sp³-hybridized carbons (Fsp3) is 0.167. The normalized spacial score (nSPS) is 14.6. The van der Waals surface area contributed by atoms with E-state index >= 15 is 0 Å². The van der Waals surface area contributed by atoms with Crippen LogP contribution in [-0.4, -0.2) is 32.9 Å². The minimum Gasteiger partial charge on any atom is -0.508 e. The summed E-state index contributed by atoms with van der Waals surface area (Å²) in [5, 5.41) is 18.6. The summed E-state index contributed by atoms with van der Waals surface area (Å²) in [6, 6.07) is 9.83. The molecule has 3 rings (SSSR count). The van der Waals surface area contributed by atoms with E-state index in [-0.39, 0.29) is 16.9 Å². The van der Waals surface area contributed by atoms with Gasteiger partial charge in [-0.3, -0.25) is 19.3 Å². The van der Waals surface area contributed by atoms with E-state index in [9.17, 15) is 24.6 Å². The van der Waals surface area contributed by atoms with Gasteiger partial charge >= 0.3 is 5.97 Å². The van der Waals surface area contributed by atoms with Gasteiger partial charge in [-0.25, -0.2) is 0 Å². The number of rotatable bonds is 4. The first kappa shape index (κ1) is 15.7. The number of aliphatic carboxylic acids is 1. The highest BCUT2D eigenvalue weighted by Gasteiger charge is 2.41. The fourth-order valence-corrected chi connectivity index (χ4v) is 2.88. The van der Waals surface area contributed by atoms with Gasteiger partial charge in [-0.2, -0.15) is 0 Å². The number of phenolic OH excluding ortho intramolecular Hbond substituents is 1. The average molecular weight is 325 g/mol. The van der Waals surface area contributed by atoms with Crippen LogP contribution in [0.15, 0.2) is 42.5 Å². The number of phenols is 1. The molecule has 0 saturated carbocycles. The third-order valence-corrected chi connectivity index (χ3v) is 4.03. The highest BCUT2D eigenvalue weighted by atomic mass is 16.4. The molecule has 0 bridgehead atoms. The molecule has 122 valence electrons. The Hall–Kier alpha value is -3.15. The van der Waals surface area contributed by atoms with Gasteiger partial charge in [0.1, 0.15) is 5.75 Å². The number of aromatic hydroxyl groups is 1. The predicted octanol–water partition coefficient (Wildman–Crippen LogP) is 2.51. The number of hydrogen-bond donors (Lipinski definition) is 2. The molecule has 2 N–H and O–H groups in total. The number of fused-ring (bicyclic) bond motifs is 1. The third-order valence-electron chi connectivity index (χ3n) is 4.03. The second kappa shape index (κ2) is 5.81. The summed E-state index contributed by atoms with van der Waals surface area (Å²) in [4.78, 5) is 37.6. The van der Waals surface area contributed by atoms with E-state index in [1.807, 2.05) is 6.92 Å². The van der Waals surface area contributed by atoms with E-state index in [0.29, 0.717) is 5.56 Å². The number of benzene rings is 2. The minimum absolute atomic E-state index is 0.0193. The van der Waals surface area contributed by atoms with Gasteiger partial charge in [0.2, 0.25) is 0 Å². The van der Waals surface area contributed by atoms with Crippen molar-refractivity contribution in [1.82, 2.24) is 4.90 Å². The zero-order valence-electron chi connectivity index (χ0n) is 12.9. The van der Waals surface area contributed by atoms with Gasteiger partial charge in [0, 0.05) is 0 Å². The van der Waals surface area contributed by atoms with Gasteiger partial charge in [0.25, 0.3) is 11.8 Å². The standard InChI is InChI=1S/C18H15NO5/c1-10-2-7-13-14(8-10)18(24)19(17(13)23)15(9-16(21)22)11-3-5-12(20)6-4-11/h2-8,15,20H,9H2,1H3,(H,21,22). The van der Waals surface area contributed by atoms with Crippen molar-refractivity contribution in [3.05, 3.63) is 64.7 Å². The van der Waals surface area contributed by atoms with Gasteiger partial charge in [0.15, 0.2) is 0 Å². The molecule has 6 nitrogen and oxygen atoms in total. The quantitative estimate of drug-likeness (QED) is 0.842. The number of aryl methyl sites for hydroxylation is 1. The molecule has 2 aromatic carbocycles. The molecule has 0 spiro atoms. The van der Waals surface area contributed by atoms with Gasteiger partial charge < -0.3 is 10.2 Å². The van der Waals surface area contributed by atoms with Crippen LogP contribution in [0.1, 0.15) is 44.3 Å². The lowest BCUT2D eigenvalue weighted by Gasteiger charge is -2.25. The molecular formula is C18H15NO5. The summed E-state index contributed by atoms with van der Waals surface area (Å²) in [6.07, 6.45) is -0.408. The number of carbonyl (C=O) groups excluding carboxylic acids is 2. The monoisotopic (exact) mass is 325 g/mol. The summed E-state index contributed by atoms with van der Waals surface area (Å²) < 4.78 is 0. The Bertz CT molecular complexity index is 841. The van der Waals surface area contributed by atoms with E-state index in [1.54, 1.807) is 18.2 Å². The first-order valence-corrected chi connectivity index (χ1v) is 7.37. The lowest BCUT2D eigenvalue weighted by molar-refractivity contribution is -0.138. The van der Waals surface area contributed by atoms with Crippen LogP contribution >= 0.6 is 0 Å². The van der Waals surface area contributed by atoms with Crippen molar-refractivity contribution in [2.75, 3.05) is 0 Å². The Labute approximate surface area is 138 Å². The Morgan fingerprint density at radius 2 is 1.67 bits per heavy atom. The van der Waals surface area contributed by atoms with E-state index in [2.05, 4.69) is 0 Å². The van der Waals surface area contributed by atoms with E-state index < -0.39 is 30.2 Å².